The van der Waals surface area contributed by atoms with E-state index in [0.29, 0.717) is 0 Å². The average Bonchev–Trinajstić information content (AvgIpc) is 3.09. The van der Waals surface area contributed by atoms with Crippen molar-refractivity contribution >= 4 is 17.8 Å². The number of carbonyl (C=O) groups excluding carboxylic acids is 2. The van der Waals surface area contributed by atoms with Crippen LogP contribution in [0.3, 0.4) is 0 Å². The van der Waals surface area contributed by atoms with Gasteiger partial charge in [0.2, 0.25) is 11.8 Å². The maximum atomic E-state index is 12.9. The van der Waals surface area contributed by atoms with Crippen LogP contribution >= 0.6 is 0 Å². The van der Waals surface area contributed by atoms with Crippen LogP contribution in [0.5, 0.6) is 0 Å². The molecule has 24 heavy (non-hydrogen) atoms. The smallest absolute Gasteiger partial charge is 0.327 e. The van der Waals surface area contributed by atoms with Crippen LogP contribution < -0.4 is 0 Å². The van der Waals surface area contributed by atoms with Crippen LogP contribution in [0.15, 0.2) is 30.3 Å². The highest BCUT2D eigenvalue weighted by atomic mass is 16.6. The lowest BCUT2D eigenvalue weighted by Crippen LogP contribution is -2.47. The number of ether oxygens (including phenoxy) is 1. The third-order valence-corrected chi connectivity index (χ3v) is 6.17. The van der Waals surface area contributed by atoms with Crippen molar-refractivity contribution in [3.63, 3.8) is 0 Å². The van der Waals surface area contributed by atoms with E-state index in [1.165, 1.54) is 0 Å². The number of nitrogens with zero attached hydrogens (tertiary/aromatic N) is 1. The van der Waals surface area contributed by atoms with Crippen molar-refractivity contribution in [2.75, 3.05) is 0 Å². The number of rotatable bonds is 4. The lowest BCUT2D eigenvalue weighted by Gasteiger charge is -2.25. The minimum atomic E-state index is -1.13. The number of hydrogen-bond donors (Lipinski definition) is 1. The van der Waals surface area contributed by atoms with Gasteiger partial charge in [-0.25, -0.2) is 4.79 Å². The fourth-order valence-corrected chi connectivity index (χ4v) is 5.18. The molecule has 2 aliphatic carbocycles. The summed E-state index contributed by atoms with van der Waals surface area (Å²) in [6.07, 6.45) is 1.24. The van der Waals surface area contributed by atoms with Gasteiger partial charge in [-0.05, 0) is 12.0 Å². The Morgan fingerprint density at radius 1 is 1.12 bits per heavy atom. The van der Waals surface area contributed by atoms with Crippen LogP contribution in [0.1, 0.15) is 12.0 Å². The number of carboxylic acids is 1. The second-order valence-corrected chi connectivity index (χ2v) is 7.27. The number of imide groups is 1. The summed E-state index contributed by atoms with van der Waals surface area (Å²) in [5.74, 6) is -2.30. The van der Waals surface area contributed by atoms with Crippen LogP contribution in [0, 0.1) is 23.7 Å². The van der Waals surface area contributed by atoms with Crippen LogP contribution in [0.4, 0.5) is 0 Å². The molecular formula is C18H17NO5. The van der Waals surface area contributed by atoms with Crippen LogP contribution in [0.2, 0.25) is 0 Å². The molecule has 1 aromatic rings. The lowest BCUT2D eigenvalue weighted by atomic mass is 9.81. The third-order valence-electron chi connectivity index (χ3n) is 6.17. The van der Waals surface area contributed by atoms with Crippen molar-refractivity contribution in [2.24, 2.45) is 23.7 Å². The van der Waals surface area contributed by atoms with Crippen molar-refractivity contribution in [1.29, 1.82) is 0 Å². The first-order valence-electron chi connectivity index (χ1n) is 8.37. The van der Waals surface area contributed by atoms with E-state index < -0.39 is 12.0 Å². The zero-order valence-corrected chi connectivity index (χ0v) is 12.9. The largest absolute Gasteiger partial charge is 0.480 e. The Bertz CT molecular complexity index is 715. The molecule has 0 radical (unpaired) electrons. The number of amides is 2. The fraction of sp³-hybridized carbons (Fsp3) is 0.500. The summed E-state index contributed by atoms with van der Waals surface area (Å²) in [6.45, 7) is 0. The highest BCUT2D eigenvalue weighted by Gasteiger charge is 2.74. The average molecular weight is 327 g/mol. The minimum Gasteiger partial charge on any atom is -0.480 e. The second kappa shape index (κ2) is 4.66. The zero-order chi connectivity index (χ0) is 16.6. The van der Waals surface area contributed by atoms with Gasteiger partial charge in [0.15, 0.2) is 0 Å². The highest BCUT2D eigenvalue weighted by molar-refractivity contribution is 6.08. The molecule has 7 unspecified atom stereocenters. The van der Waals surface area contributed by atoms with E-state index in [1.54, 1.807) is 0 Å². The summed E-state index contributed by atoms with van der Waals surface area (Å²) >= 11 is 0. The van der Waals surface area contributed by atoms with E-state index >= 15 is 0 Å². The summed E-state index contributed by atoms with van der Waals surface area (Å²) in [7, 11) is 0. The van der Waals surface area contributed by atoms with E-state index in [9.17, 15) is 19.5 Å². The Morgan fingerprint density at radius 3 is 2.25 bits per heavy atom. The molecule has 5 rings (SSSR count). The maximum absolute atomic E-state index is 12.9. The Balaban J connectivity index is 1.46. The molecule has 1 N–H and O–H groups in total. The Hall–Kier alpha value is -2.21. The molecular weight excluding hydrogens is 310 g/mol. The van der Waals surface area contributed by atoms with Crippen molar-refractivity contribution in [2.45, 2.75) is 31.1 Å². The Morgan fingerprint density at radius 2 is 1.71 bits per heavy atom. The molecule has 0 spiro atoms. The molecule has 4 fully saturated rings. The van der Waals surface area contributed by atoms with Gasteiger partial charge in [0, 0.05) is 18.3 Å². The van der Waals surface area contributed by atoms with E-state index in [4.69, 9.17) is 4.74 Å². The van der Waals surface area contributed by atoms with Gasteiger partial charge in [0.05, 0.1) is 24.0 Å². The molecule has 6 nitrogen and oxygen atoms in total. The quantitative estimate of drug-likeness (QED) is 0.650. The number of epoxide rings is 1. The fourth-order valence-electron chi connectivity index (χ4n) is 5.18. The van der Waals surface area contributed by atoms with Gasteiger partial charge in [-0.1, -0.05) is 30.3 Å². The van der Waals surface area contributed by atoms with Gasteiger partial charge in [-0.3, -0.25) is 14.5 Å². The Kier molecular flexibility index (Phi) is 2.75. The van der Waals surface area contributed by atoms with Gasteiger partial charge in [0.1, 0.15) is 6.04 Å². The van der Waals surface area contributed by atoms with E-state index in [0.717, 1.165) is 16.9 Å². The SMILES string of the molecule is O=C(O)C(Cc1ccccc1)N1C(=O)C2C3CC(C4OC34)C2C1=O. The van der Waals surface area contributed by atoms with Gasteiger partial charge >= 0.3 is 5.97 Å². The Labute approximate surface area is 138 Å². The molecule has 2 amide bonds. The molecule has 4 aliphatic rings. The van der Waals surface area contributed by atoms with Gasteiger partial charge in [-0.15, -0.1) is 0 Å². The number of aliphatic carboxylic acids is 1. The topological polar surface area (TPSA) is 87.2 Å². The van der Waals surface area contributed by atoms with E-state index in [1.807, 2.05) is 30.3 Å². The van der Waals surface area contributed by atoms with Crippen molar-refractivity contribution in [3.05, 3.63) is 35.9 Å². The molecule has 0 aromatic heterocycles. The molecule has 1 aromatic carbocycles. The van der Waals surface area contributed by atoms with Crippen molar-refractivity contribution in [3.8, 4) is 0 Å². The van der Waals surface area contributed by atoms with Crippen molar-refractivity contribution < 1.29 is 24.2 Å². The normalized spacial score (nSPS) is 39.8. The second-order valence-electron chi connectivity index (χ2n) is 7.27. The predicted molar refractivity (Wildman–Crippen MR) is 80.7 cm³/mol. The number of carboxylic acid groups (broad SMARTS) is 1. The molecule has 6 heteroatoms. The van der Waals surface area contributed by atoms with Gasteiger partial charge < -0.3 is 9.84 Å². The number of benzene rings is 1. The molecule has 2 saturated carbocycles. The first kappa shape index (κ1) is 14.2. The number of carbonyl (C=O) groups is 3. The van der Waals surface area contributed by atoms with Crippen LogP contribution in [-0.2, 0) is 25.5 Å². The molecule has 7 atom stereocenters. The minimum absolute atomic E-state index is 0.0950. The highest BCUT2D eigenvalue weighted by Crippen LogP contribution is 2.64. The predicted octanol–water partition coefficient (Wildman–Crippen LogP) is 0.701. The number of likely N-dealkylation sites (tertiary alicyclic amines) is 1. The molecule has 2 bridgehead atoms. The van der Waals surface area contributed by atoms with Crippen LogP contribution in [-0.4, -0.2) is 46.0 Å². The first-order chi connectivity index (χ1) is 11.6. The molecule has 2 heterocycles. The van der Waals surface area contributed by atoms with Crippen molar-refractivity contribution in [1.82, 2.24) is 4.90 Å². The molecule has 2 aliphatic heterocycles. The summed E-state index contributed by atoms with van der Waals surface area (Å²) in [5.41, 5.74) is 0.803. The van der Waals surface area contributed by atoms with Gasteiger partial charge in [-0.2, -0.15) is 0 Å². The standard InChI is InChI=1S/C18H17NO5/c20-16-12-9-7-10(15-14(9)24-15)13(12)17(21)19(16)11(18(22)23)6-8-4-2-1-3-5-8/h1-5,9-15H,6-7H2,(H,22,23). The third kappa shape index (κ3) is 1.72. The van der Waals surface area contributed by atoms with Crippen LogP contribution in [0.25, 0.3) is 0 Å². The van der Waals surface area contributed by atoms with Gasteiger partial charge in [0.25, 0.3) is 0 Å². The number of fused-ring (bicyclic) bond motifs is 8. The maximum Gasteiger partial charge on any atom is 0.327 e. The lowest BCUT2D eigenvalue weighted by molar-refractivity contribution is -0.155. The van der Waals surface area contributed by atoms with E-state index in [-0.39, 0.29) is 54.1 Å². The number of hydrogen-bond acceptors (Lipinski definition) is 4. The zero-order valence-electron chi connectivity index (χ0n) is 12.9. The summed E-state index contributed by atoms with van der Waals surface area (Å²) in [5, 5.41) is 9.63. The summed E-state index contributed by atoms with van der Waals surface area (Å²) in [4.78, 5) is 38.6. The monoisotopic (exact) mass is 327 g/mol. The summed E-state index contributed by atoms with van der Waals surface area (Å²) < 4.78 is 5.57. The molecule has 124 valence electrons. The first-order valence-corrected chi connectivity index (χ1v) is 8.37. The van der Waals surface area contributed by atoms with E-state index in [2.05, 4.69) is 0 Å². The molecule has 2 saturated heterocycles. The summed E-state index contributed by atoms with van der Waals surface area (Å²) in [6, 6.07) is 7.99.